The lowest BCUT2D eigenvalue weighted by Gasteiger charge is -2.27. The van der Waals surface area contributed by atoms with Crippen LogP contribution in [0.4, 0.5) is 9.59 Å². The number of hydrogen-bond acceptors (Lipinski definition) is 9. The molecule has 0 saturated carbocycles. The number of esters is 2. The topological polar surface area (TPSA) is 134 Å². The zero-order valence-electron chi connectivity index (χ0n) is 20.4. The molecule has 0 aromatic rings. The summed E-state index contributed by atoms with van der Waals surface area (Å²) in [7, 11) is 0. The maximum atomic E-state index is 12.5. The van der Waals surface area contributed by atoms with Gasteiger partial charge in [-0.1, -0.05) is 33.9 Å². The molecule has 0 rings (SSSR count). The number of imide groups is 1. The van der Waals surface area contributed by atoms with Gasteiger partial charge in [-0.05, 0) is 44.6 Å². The third kappa shape index (κ3) is 13.3. The van der Waals surface area contributed by atoms with E-state index >= 15 is 0 Å². The molecule has 1 atom stereocenters. The molecule has 0 aromatic carbocycles. The Bertz CT molecular complexity index is 671. The summed E-state index contributed by atoms with van der Waals surface area (Å²) in [5, 5.41) is 0. The van der Waals surface area contributed by atoms with Crippen LogP contribution in [0.25, 0.3) is 0 Å². The van der Waals surface area contributed by atoms with Crippen LogP contribution in [0.3, 0.4) is 0 Å². The number of nitrogens with zero attached hydrogens (tertiary/aromatic N) is 1. The van der Waals surface area contributed by atoms with E-state index in [0.717, 1.165) is 11.3 Å². The lowest BCUT2D eigenvalue weighted by atomic mass is 9.82. The highest BCUT2D eigenvalue weighted by Gasteiger charge is 2.27. The minimum absolute atomic E-state index is 0.0522. The maximum Gasteiger partial charge on any atom is 0.419 e. The summed E-state index contributed by atoms with van der Waals surface area (Å²) >= 11 is 0. The van der Waals surface area contributed by atoms with Crippen LogP contribution in [-0.2, 0) is 28.5 Å². The first-order chi connectivity index (χ1) is 15.3. The van der Waals surface area contributed by atoms with Crippen molar-refractivity contribution < 1.29 is 38.1 Å². The second-order valence-corrected chi connectivity index (χ2v) is 8.68. The van der Waals surface area contributed by atoms with Crippen molar-refractivity contribution in [3.8, 4) is 0 Å². The molecule has 0 aromatic heterocycles. The quantitative estimate of drug-likeness (QED) is 0.176. The fraction of sp³-hybridized carbons (Fsp3) is 0.652. The van der Waals surface area contributed by atoms with Crippen molar-refractivity contribution >= 4 is 24.1 Å². The molecule has 0 bridgehead atoms. The normalized spacial score (nSPS) is 11.7. The molecule has 1 unspecified atom stereocenters. The number of amides is 2. The summed E-state index contributed by atoms with van der Waals surface area (Å²) in [5.41, 5.74) is 6.14. The highest BCUT2D eigenvalue weighted by atomic mass is 16.6. The number of carbonyl (C=O) groups excluding carboxylic acids is 4. The average Bonchev–Trinajstić information content (AvgIpc) is 2.73. The summed E-state index contributed by atoms with van der Waals surface area (Å²) in [6.45, 7) is 15.7. The Kier molecular flexibility index (Phi) is 13.7. The molecule has 188 valence electrons. The Morgan fingerprint density at radius 2 is 1.24 bits per heavy atom. The molecule has 0 heterocycles. The third-order valence-corrected chi connectivity index (χ3v) is 4.52. The van der Waals surface area contributed by atoms with Gasteiger partial charge in [0.05, 0.1) is 0 Å². The molecule has 10 nitrogen and oxygen atoms in total. The summed E-state index contributed by atoms with van der Waals surface area (Å²) in [5.74, 6) is -1.05. The zero-order chi connectivity index (χ0) is 25.6. The van der Waals surface area contributed by atoms with E-state index in [1.54, 1.807) is 0 Å². The van der Waals surface area contributed by atoms with E-state index in [-0.39, 0.29) is 55.5 Å². The van der Waals surface area contributed by atoms with Gasteiger partial charge in [-0.15, -0.1) is 0 Å². The molecular formula is C23H38N2O8. The van der Waals surface area contributed by atoms with Crippen molar-refractivity contribution in [1.82, 2.24) is 4.90 Å². The summed E-state index contributed by atoms with van der Waals surface area (Å²) in [6, 6.07) is 0. The van der Waals surface area contributed by atoms with Gasteiger partial charge in [0, 0.05) is 17.7 Å². The van der Waals surface area contributed by atoms with Gasteiger partial charge < -0.3 is 24.7 Å². The van der Waals surface area contributed by atoms with Crippen molar-refractivity contribution in [3.05, 3.63) is 24.3 Å². The number of hydrogen-bond donors (Lipinski definition) is 1. The van der Waals surface area contributed by atoms with E-state index in [4.69, 9.17) is 24.7 Å². The largest absolute Gasteiger partial charge is 0.459 e. The van der Waals surface area contributed by atoms with Gasteiger partial charge in [-0.3, -0.25) is 0 Å². The Morgan fingerprint density at radius 1 is 0.848 bits per heavy atom. The van der Waals surface area contributed by atoms with Gasteiger partial charge in [-0.25, -0.2) is 24.1 Å². The first-order valence-electron chi connectivity index (χ1n) is 10.8. The SMILES string of the molecule is C=C(C)C(=O)OCCOC(=O)N(CCC(C)CC(C)(C)CN)C(=O)OCCOC(=O)C(=C)C. The minimum atomic E-state index is -0.935. The molecular weight excluding hydrogens is 432 g/mol. The van der Waals surface area contributed by atoms with Crippen LogP contribution >= 0.6 is 0 Å². The molecule has 0 spiro atoms. The van der Waals surface area contributed by atoms with Gasteiger partial charge in [0.25, 0.3) is 0 Å². The number of ether oxygens (including phenoxy) is 4. The molecule has 0 saturated heterocycles. The Hall–Kier alpha value is -2.88. The summed E-state index contributed by atoms with van der Waals surface area (Å²) in [6.07, 6.45) is -0.566. The van der Waals surface area contributed by atoms with Gasteiger partial charge in [-0.2, -0.15) is 0 Å². The molecule has 10 heteroatoms. The Morgan fingerprint density at radius 3 is 1.61 bits per heavy atom. The van der Waals surface area contributed by atoms with Crippen LogP contribution < -0.4 is 5.73 Å². The number of rotatable bonds is 14. The lowest BCUT2D eigenvalue weighted by Crippen LogP contribution is -2.40. The van der Waals surface area contributed by atoms with Gasteiger partial charge >= 0.3 is 24.1 Å². The maximum absolute atomic E-state index is 12.5. The van der Waals surface area contributed by atoms with Crippen LogP contribution in [0.1, 0.15) is 47.5 Å². The van der Waals surface area contributed by atoms with Crippen LogP contribution in [-0.4, -0.2) is 68.5 Å². The molecule has 0 aliphatic heterocycles. The first kappa shape index (κ1) is 30.1. The predicted octanol–water partition coefficient (Wildman–Crippen LogP) is 3.20. The Balaban J connectivity index is 4.88. The van der Waals surface area contributed by atoms with Crippen LogP contribution in [0.15, 0.2) is 24.3 Å². The molecule has 0 radical (unpaired) electrons. The van der Waals surface area contributed by atoms with Crippen molar-refractivity contribution in [2.75, 3.05) is 39.5 Å². The fourth-order valence-corrected chi connectivity index (χ4v) is 2.66. The summed E-state index contributed by atoms with van der Waals surface area (Å²) in [4.78, 5) is 48.5. The van der Waals surface area contributed by atoms with E-state index in [1.165, 1.54) is 13.8 Å². The van der Waals surface area contributed by atoms with E-state index in [9.17, 15) is 19.2 Å². The molecule has 2 N–H and O–H groups in total. The van der Waals surface area contributed by atoms with Gasteiger partial charge in [0.1, 0.15) is 26.4 Å². The van der Waals surface area contributed by atoms with Gasteiger partial charge in [0.2, 0.25) is 0 Å². The number of nitrogens with two attached hydrogens (primary N) is 1. The van der Waals surface area contributed by atoms with E-state index in [0.29, 0.717) is 13.0 Å². The second kappa shape index (κ2) is 15.0. The molecule has 0 aliphatic carbocycles. The summed E-state index contributed by atoms with van der Waals surface area (Å²) < 4.78 is 19.8. The minimum Gasteiger partial charge on any atom is -0.459 e. The molecule has 33 heavy (non-hydrogen) atoms. The van der Waals surface area contributed by atoms with Crippen LogP contribution in [0, 0.1) is 11.3 Å². The monoisotopic (exact) mass is 470 g/mol. The van der Waals surface area contributed by atoms with Crippen LogP contribution in [0.2, 0.25) is 0 Å². The van der Waals surface area contributed by atoms with Crippen molar-refractivity contribution in [2.45, 2.75) is 47.5 Å². The van der Waals surface area contributed by atoms with Crippen LogP contribution in [0.5, 0.6) is 0 Å². The van der Waals surface area contributed by atoms with Crippen molar-refractivity contribution in [1.29, 1.82) is 0 Å². The molecule has 0 fully saturated rings. The lowest BCUT2D eigenvalue weighted by molar-refractivity contribution is -0.140. The smallest absolute Gasteiger partial charge is 0.419 e. The predicted molar refractivity (Wildman–Crippen MR) is 122 cm³/mol. The highest BCUT2D eigenvalue weighted by molar-refractivity contribution is 5.88. The average molecular weight is 471 g/mol. The molecule has 2 amide bonds. The van der Waals surface area contributed by atoms with E-state index in [2.05, 4.69) is 13.2 Å². The van der Waals surface area contributed by atoms with Gasteiger partial charge in [0.15, 0.2) is 0 Å². The van der Waals surface area contributed by atoms with E-state index < -0.39 is 24.1 Å². The van der Waals surface area contributed by atoms with E-state index in [1.807, 2.05) is 20.8 Å². The van der Waals surface area contributed by atoms with Crippen molar-refractivity contribution in [2.24, 2.45) is 17.1 Å². The third-order valence-electron chi connectivity index (χ3n) is 4.52. The first-order valence-corrected chi connectivity index (χ1v) is 10.8. The second-order valence-electron chi connectivity index (χ2n) is 8.68. The number of carbonyl (C=O) groups is 4. The fourth-order valence-electron chi connectivity index (χ4n) is 2.66. The highest BCUT2D eigenvalue weighted by Crippen LogP contribution is 2.26. The Labute approximate surface area is 196 Å². The van der Waals surface area contributed by atoms with Crippen molar-refractivity contribution in [3.63, 3.8) is 0 Å². The molecule has 0 aliphatic rings. The standard InChI is InChI=1S/C23H38N2O8/c1-16(2)19(26)30-10-12-32-21(28)25(9-8-18(5)14-23(6,7)15-24)22(29)33-13-11-31-20(27)17(3)4/h18H,1,3,8-15,24H2,2,4-7H3. The zero-order valence-corrected chi connectivity index (χ0v) is 20.4.